The number of carbonyl (C=O) groups excluding carboxylic acids is 1. The first-order chi connectivity index (χ1) is 9.77. The van der Waals surface area contributed by atoms with Crippen LogP contribution < -0.4 is 11.1 Å². The van der Waals surface area contributed by atoms with Crippen molar-refractivity contribution in [2.75, 3.05) is 26.3 Å². The van der Waals surface area contributed by atoms with Crippen LogP contribution in [0.15, 0.2) is 18.5 Å². The van der Waals surface area contributed by atoms with Gasteiger partial charge >= 0.3 is 0 Å². The summed E-state index contributed by atoms with van der Waals surface area (Å²) in [4.78, 5) is 15.9. The van der Waals surface area contributed by atoms with Gasteiger partial charge in [0.05, 0.1) is 12.1 Å². The fourth-order valence-electron chi connectivity index (χ4n) is 1.51. The first kappa shape index (κ1) is 16.2. The molecule has 5 nitrogen and oxygen atoms in total. The highest BCUT2D eigenvalue weighted by Crippen LogP contribution is 2.01. The Morgan fingerprint density at radius 2 is 2.30 bits per heavy atom. The summed E-state index contributed by atoms with van der Waals surface area (Å²) in [5, 5.41) is 2.83. The van der Waals surface area contributed by atoms with Crippen LogP contribution in [0.5, 0.6) is 0 Å². The zero-order valence-electron chi connectivity index (χ0n) is 11.8. The second kappa shape index (κ2) is 9.96. The predicted octanol–water partition coefficient (Wildman–Crippen LogP) is 0.938. The predicted molar refractivity (Wildman–Crippen MR) is 78.2 cm³/mol. The van der Waals surface area contributed by atoms with Crippen molar-refractivity contribution >= 4 is 5.91 Å². The lowest BCUT2D eigenvalue weighted by atomic mass is 10.2. The SMILES string of the molecule is CCCOCCCNC(=O)c1cncc(C#CCN)c1. The largest absolute Gasteiger partial charge is 0.381 e. The maximum Gasteiger partial charge on any atom is 0.252 e. The standard InChI is InChI=1S/C15H21N3O2/c1-2-8-20-9-4-7-18-15(19)14-10-13(5-3-6-16)11-17-12-14/h10-12H,2,4,6-9,16H2,1H3,(H,18,19). The summed E-state index contributed by atoms with van der Waals surface area (Å²) in [7, 11) is 0. The van der Waals surface area contributed by atoms with Crippen LogP contribution in [-0.4, -0.2) is 37.2 Å². The van der Waals surface area contributed by atoms with Gasteiger partial charge in [-0.1, -0.05) is 18.8 Å². The van der Waals surface area contributed by atoms with Crippen molar-refractivity contribution in [3.05, 3.63) is 29.6 Å². The van der Waals surface area contributed by atoms with Gasteiger partial charge in [-0.15, -0.1) is 0 Å². The number of rotatable bonds is 7. The Morgan fingerprint density at radius 1 is 1.45 bits per heavy atom. The fraction of sp³-hybridized carbons (Fsp3) is 0.467. The molecular weight excluding hydrogens is 254 g/mol. The number of nitrogens with zero attached hydrogens (tertiary/aromatic N) is 1. The maximum atomic E-state index is 11.9. The van der Waals surface area contributed by atoms with E-state index >= 15 is 0 Å². The number of hydrogen-bond acceptors (Lipinski definition) is 4. The zero-order chi connectivity index (χ0) is 14.6. The van der Waals surface area contributed by atoms with Crippen LogP contribution in [-0.2, 0) is 4.74 Å². The Labute approximate surface area is 119 Å². The quantitative estimate of drug-likeness (QED) is 0.573. The molecule has 5 heteroatoms. The van der Waals surface area contributed by atoms with Crippen LogP contribution in [0.2, 0.25) is 0 Å². The lowest BCUT2D eigenvalue weighted by Crippen LogP contribution is -2.25. The minimum absolute atomic E-state index is 0.149. The van der Waals surface area contributed by atoms with Crippen molar-refractivity contribution in [1.29, 1.82) is 0 Å². The van der Waals surface area contributed by atoms with E-state index in [1.54, 1.807) is 12.3 Å². The molecule has 1 rings (SSSR count). The molecule has 0 aromatic carbocycles. The summed E-state index contributed by atoms with van der Waals surface area (Å²) in [5.74, 6) is 5.44. The molecule has 0 bridgehead atoms. The second-order valence-corrected chi connectivity index (χ2v) is 4.19. The van der Waals surface area contributed by atoms with Crippen LogP contribution in [0.4, 0.5) is 0 Å². The third kappa shape index (κ3) is 6.32. The Hall–Kier alpha value is -1.90. The van der Waals surface area contributed by atoms with Crippen molar-refractivity contribution in [2.45, 2.75) is 19.8 Å². The van der Waals surface area contributed by atoms with Gasteiger partial charge in [0.25, 0.3) is 5.91 Å². The Morgan fingerprint density at radius 3 is 3.05 bits per heavy atom. The Kier molecular flexibility index (Phi) is 8.04. The van der Waals surface area contributed by atoms with Gasteiger partial charge in [0.15, 0.2) is 0 Å². The molecule has 0 fully saturated rings. The third-order valence-electron chi connectivity index (χ3n) is 2.43. The summed E-state index contributed by atoms with van der Waals surface area (Å²) < 4.78 is 5.34. The van der Waals surface area contributed by atoms with Crippen molar-refractivity contribution in [1.82, 2.24) is 10.3 Å². The molecule has 0 saturated carbocycles. The molecule has 0 unspecified atom stereocenters. The number of aromatic nitrogens is 1. The highest BCUT2D eigenvalue weighted by molar-refractivity contribution is 5.94. The van der Waals surface area contributed by atoms with Gasteiger partial charge in [0.2, 0.25) is 0 Å². The Balaban J connectivity index is 2.39. The van der Waals surface area contributed by atoms with E-state index in [-0.39, 0.29) is 12.5 Å². The van der Waals surface area contributed by atoms with Crippen molar-refractivity contribution < 1.29 is 9.53 Å². The molecule has 1 aromatic rings. The summed E-state index contributed by atoms with van der Waals surface area (Å²) in [5.41, 5.74) is 6.50. The van der Waals surface area contributed by atoms with Crippen LogP contribution in [0.3, 0.4) is 0 Å². The molecule has 0 atom stereocenters. The van der Waals surface area contributed by atoms with Gasteiger partial charge < -0.3 is 15.8 Å². The smallest absolute Gasteiger partial charge is 0.252 e. The fourth-order valence-corrected chi connectivity index (χ4v) is 1.51. The van der Waals surface area contributed by atoms with E-state index in [1.807, 2.05) is 0 Å². The first-order valence-corrected chi connectivity index (χ1v) is 6.78. The lowest BCUT2D eigenvalue weighted by molar-refractivity contribution is 0.0941. The van der Waals surface area contributed by atoms with Gasteiger partial charge in [0, 0.05) is 37.7 Å². The summed E-state index contributed by atoms with van der Waals surface area (Å²) in [6.45, 7) is 4.36. The summed E-state index contributed by atoms with van der Waals surface area (Å²) in [6.07, 6.45) is 4.94. The molecule has 0 radical (unpaired) electrons. The number of nitrogens with two attached hydrogens (primary N) is 1. The summed E-state index contributed by atoms with van der Waals surface area (Å²) in [6, 6.07) is 1.71. The van der Waals surface area contributed by atoms with Gasteiger partial charge in [-0.05, 0) is 18.9 Å². The highest BCUT2D eigenvalue weighted by atomic mass is 16.5. The van der Waals surface area contributed by atoms with Gasteiger partial charge in [0.1, 0.15) is 0 Å². The van der Waals surface area contributed by atoms with E-state index < -0.39 is 0 Å². The molecule has 0 aliphatic heterocycles. The average molecular weight is 275 g/mol. The highest BCUT2D eigenvalue weighted by Gasteiger charge is 2.05. The molecule has 0 aliphatic rings. The van der Waals surface area contributed by atoms with Gasteiger partial charge in [-0.2, -0.15) is 0 Å². The minimum Gasteiger partial charge on any atom is -0.381 e. The molecule has 3 N–H and O–H groups in total. The topological polar surface area (TPSA) is 77.2 Å². The van der Waals surface area contributed by atoms with E-state index in [9.17, 15) is 4.79 Å². The van der Waals surface area contributed by atoms with E-state index in [2.05, 4.69) is 29.1 Å². The number of carbonyl (C=O) groups is 1. The molecule has 0 spiro atoms. The average Bonchev–Trinajstić information content (AvgIpc) is 2.48. The molecular formula is C15H21N3O2. The first-order valence-electron chi connectivity index (χ1n) is 6.78. The number of ether oxygens (including phenoxy) is 1. The second-order valence-electron chi connectivity index (χ2n) is 4.19. The molecule has 1 heterocycles. The molecule has 108 valence electrons. The molecule has 20 heavy (non-hydrogen) atoms. The number of pyridine rings is 1. The minimum atomic E-state index is -0.149. The molecule has 0 saturated heterocycles. The van der Waals surface area contributed by atoms with E-state index in [1.165, 1.54) is 6.20 Å². The van der Waals surface area contributed by atoms with E-state index in [4.69, 9.17) is 10.5 Å². The van der Waals surface area contributed by atoms with Crippen molar-refractivity contribution in [3.8, 4) is 11.8 Å². The number of hydrogen-bond donors (Lipinski definition) is 2. The van der Waals surface area contributed by atoms with Crippen LogP contribution in [0.25, 0.3) is 0 Å². The summed E-state index contributed by atoms with van der Waals surface area (Å²) >= 11 is 0. The Bertz CT molecular complexity index is 477. The van der Waals surface area contributed by atoms with Crippen molar-refractivity contribution in [3.63, 3.8) is 0 Å². The van der Waals surface area contributed by atoms with Crippen LogP contribution in [0.1, 0.15) is 35.7 Å². The number of amides is 1. The van der Waals surface area contributed by atoms with E-state index in [0.29, 0.717) is 24.3 Å². The third-order valence-corrected chi connectivity index (χ3v) is 2.43. The van der Waals surface area contributed by atoms with E-state index in [0.717, 1.165) is 19.4 Å². The molecule has 1 amide bonds. The normalized spacial score (nSPS) is 9.70. The van der Waals surface area contributed by atoms with Crippen LogP contribution in [0, 0.1) is 11.8 Å². The number of nitrogens with one attached hydrogen (secondary N) is 1. The zero-order valence-corrected chi connectivity index (χ0v) is 11.8. The van der Waals surface area contributed by atoms with Crippen molar-refractivity contribution in [2.24, 2.45) is 5.73 Å². The van der Waals surface area contributed by atoms with Gasteiger partial charge in [-0.3, -0.25) is 9.78 Å². The van der Waals surface area contributed by atoms with Gasteiger partial charge in [-0.25, -0.2) is 0 Å². The van der Waals surface area contributed by atoms with Crippen LogP contribution >= 0.6 is 0 Å². The molecule has 0 aliphatic carbocycles. The molecule has 1 aromatic heterocycles. The lowest BCUT2D eigenvalue weighted by Gasteiger charge is -2.05. The monoisotopic (exact) mass is 275 g/mol. The maximum absolute atomic E-state index is 11.9.